The van der Waals surface area contributed by atoms with E-state index in [9.17, 15) is 14.4 Å². The highest BCUT2D eigenvalue weighted by Gasteiger charge is 2.44. The Kier molecular flexibility index (Phi) is 6.51. The van der Waals surface area contributed by atoms with Crippen molar-refractivity contribution in [3.05, 3.63) is 47.8 Å². The van der Waals surface area contributed by atoms with Crippen molar-refractivity contribution >= 4 is 23.3 Å². The van der Waals surface area contributed by atoms with Crippen molar-refractivity contribution in [3.8, 4) is 5.75 Å². The zero-order valence-electron chi connectivity index (χ0n) is 20.0. The van der Waals surface area contributed by atoms with Gasteiger partial charge in [-0.2, -0.15) is 10.2 Å². The normalized spacial score (nSPS) is 20.3. The monoisotopic (exact) mass is 477 g/mol. The van der Waals surface area contributed by atoms with Crippen LogP contribution >= 0.6 is 0 Å². The number of likely N-dealkylation sites (tertiary alicyclic amines) is 2. The summed E-state index contributed by atoms with van der Waals surface area (Å²) in [6, 6.07) is 7.17. The van der Waals surface area contributed by atoms with Gasteiger partial charge in [0.25, 0.3) is 0 Å². The Hall–Kier alpha value is -3.33. The number of piperidine rings is 2. The molecule has 2 fully saturated rings. The number of hydrogen-bond donors (Lipinski definition) is 1. The van der Waals surface area contributed by atoms with Gasteiger partial charge in [-0.15, -0.1) is 0 Å². The first-order valence-corrected chi connectivity index (χ1v) is 12.3. The quantitative estimate of drug-likeness (QED) is 0.722. The first kappa shape index (κ1) is 23.4. The number of aromatic nitrogens is 2. The summed E-state index contributed by atoms with van der Waals surface area (Å²) < 4.78 is 6.35. The Morgan fingerprint density at radius 2 is 1.89 bits per heavy atom. The summed E-state index contributed by atoms with van der Waals surface area (Å²) in [6.07, 6.45) is 6.81. The Labute approximate surface area is 204 Å². The van der Waals surface area contributed by atoms with E-state index in [1.54, 1.807) is 30.6 Å². The van der Waals surface area contributed by atoms with Crippen molar-refractivity contribution in [3.63, 3.8) is 0 Å². The molecule has 9 nitrogen and oxygen atoms in total. The molecule has 35 heavy (non-hydrogen) atoms. The number of rotatable bonds is 4. The molecule has 0 bridgehead atoms. The van der Waals surface area contributed by atoms with Crippen LogP contribution in [0.1, 0.15) is 54.9 Å². The second kappa shape index (κ2) is 9.73. The predicted octanol–water partition coefficient (Wildman–Crippen LogP) is 2.67. The maximum atomic E-state index is 13.2. The molecule has 4 heterocycles. The number of ether oxygens (including phenoxy) is 1. The van der Waals surface area contributed by atoms with Crippen LogP contribution < -0.4 is 10.1 Å². The summed E-state index contributed by atoms with van der Waals surface area (Å²) in [5.41, 5.74) is 1.68. The molecule has 0 saturated carbocycles. The van der Waals surface area contributed by atoms with Gasteiger partial charge in [0, 0.05) is 57.2 Å². The summed E-state index contributed by atoms with van der Waals surface area (Å²) in [7, 11) is 0. The van der Waals surface area contributed by atoms with Crippen molar-refractivity contribution in [2.45, 2.75) is 51.2 Å². The fraction of sp³-hybridized carbons (Fsp3) is 0.500. The number of ketones is 1. The molecule has 3 aliphatic heterocycles. The minimum Gasteiger partial charge on any atom is -0.486 e. The molecule has 0 aliphatic carbocycles. The fourth-order valence-electron chi connectivity index (χ4n) is 5.45. The molecule has 1 aromatic carbocycles. The molecule has 1 spiro atoms. The molecule has 0 radical (unpaired) electrons. The lowest BCUT2D eigenvalue weighted by Crippen LogP contribution is -2.53. The highest BCUT2D eigenvalue weighted by molar-refractivity contribution is 6.02. The molecule has 1 aromatic heterocycles. The Morgan fingerprint density at radius 3 is 2.57 bits per heavy atom. The van der Waals surface area contributed by atoms with E-state index in [4.69, 9.17) is 4.74 Å². The van der Waals surface area contributed by atoms with Gasteiger partial charge in [0.15, 0.2) is 5.78 Å². The summed E-state index contributed by atoms with van der Waals surface area (Å²) >= 11 is 0. The van der Waals surface area contributed by atoms with E-state index in [0.717, 1.165) is 38.0 Å². The van der Waals surface area contributed by atoms with E-state index in [0.29, 0.717) is 49.4 Å². The largest absolute Gasteiger partial charge is 0.486 e. The van der Waals surface area contributed by atoms with Gasteiger partial charge >= 0.3 is 0 Å². The summed E-state index contributed by atoms with van der Waals surface area (Å²) in [5, 5.41) is 10.5. The van der Waals surface area contributed by atoms with E-state index >= 15 is 0 Å². The van der Waals surface area contributed by atoms with E-state index in [2.05, 4.69) is 20.4 Å². The summed E-state index contributed by atoms with van der Waals surface area (Å²) in [5.74, 6) is 0.687. The second-order valence-electron chi connectivity index (χ2n) is 9.90. The van der Waals surface area contributed by atoms with Gasteiger partial charge in [0.2, 0.25) is 11.8 Å². The summed E-state index contributed by atoms with van der Waals surface area (Å²) in [4.78, 5) is 41.8. The van der Waals surface area contributed by atoms with E-state index in [1.165, 1.54) is 6.92 Å². The first-order valence-electron chi connectivity index (χ1n) is 12.3. The molecular weight excluding hydrogens is 446 g/mol. The van der Waals surface area contributed by atoms with Crippen molar-refractivity contribution in [1.82, 2.24) is 20.0 Å². The molecule has 1 N–H and O–H groups in total. The minimum atomic E-state index is -0.557. The van der Waals surface area contributed by atoms with Crippen LogP contribution in [0.25, 0.3) is 0 Å². The number of carbonyl (C=O) groups is 3. The highest BCUT2D eigenvalue weighted by atomic mass is 16.5. The smallest absolute Gasteiger partial charge is 0.225 e. The predicted molar refractivity (Wildman–Crippen MR) is 129 cm³/mol. The maximum Gasteiger partial charge on any atom is 0.225 e. The van der Waals surface area contributed by atoms with Crippen molar-refractivity contribution < 1.29 is 19.1 Å². The van der Waals surface area contributed by atoms with Crippen molar-refractivity contribution in [1.29, 1.82) is 0 Å². The molecule has 184 valence electrons. The van der Waals surface area contributed by atoms with Crippen LogP contribution in [0.15, 0.2) is 36.7 Å². The molecule has 2 amide bonds. The first-order chi connectivity index (χ1) is 16.9. The van der Waals surface area contributed by atoms with E-state index in [-0.39, 0.29) is 23.5 Å². The third kappa shape index (κ3) is 5.19. The minimum absolute atomic E-state index is 0.0231. The number of fused-ring (bicyclic) bond motifs is 1. The van der Waals surface area contributed by atoms with Crippen LogP contribution in [0.2, 0.25) is 0 Å². The standard InChI is InChI=1S/C26H31N5O4/c1-18(32)29-21-2-3-24-22(14-21)23(33)15-26(35-24)7-12-31(13-8-26)25(34)20-5-10-30(11-6-20)17-19-4-9-27-28-16-19/h2-4,9,14,16,20H,5-8,10-13,15,17H2,1H3,(H,29,32). The number of anilines is 1. The summed E-state index contributed by atoms with van der Waals surface area (Å²) in [6.45, 7) is 5.27. The number of nitrogens with zero attached hydrogens (tertiary/aromatic N) is 4. The van der Waals surface area contributed by atoms with E-state index < -0.39 is 5.60 Å². The number of Topliss-reactive ketones (excluding diaryl/α,β-unsaturated/α-hetero) is 1. The lowest BCUT2D eigenvalue weighted by Gasteiger charge is -2.45. The zero-order valence-corrected chi connectivity index (χ0v) is 20.0. The number of amides is 2. The van der Waals surface area contributed by atoms with Gasteiger partial charge in [-0.05, 0) is 55.8 Å². The molecule has 5 rings (SSSR count). The number of nitrogens with one attached hydrogen (secondary N) is 1. The Bertz CT molecular complexity index is 1110. The van der Waals surface area contributed by atoms with Gasteiger partial charge in [-0.3, -0.25) is 19.3 Å². The molecule has 3 aliphatic rings. The number of benzene rings is 1. The Morgan fingerprint density at radius 1 is 1.11 bits per heavy atom. The Balaban J connectivity index is 1.14. The second-order valence-corrected chi connectivity index (χ2v) is 9.90. The average molecular weight is 478 g/mol. The van der Waals surface area contributed by atoms with Crippen LogP contribution in [-0.4, -0.2) is 69.4 Å². The number of hydrogen-bond acceptors (Lipinski definition) is 7. The van der Waals surface area contributed by atoms with Gasteiger partial charge in [0.1, 0.15) is 11.4 Å². The molecular formula is C26H31N5O4. The zero-order chi connectivity index (χ0) is 24.4. The van der Waals surface area contributed by atoms with E-state index in [1.807, 2.05) is 11.0 Å². The van der Waals surface area contributed by atoms with Crippen molar-refractivity contribution in [2.75, 3.05) is 31.5 Å². The number of carbonyl (C=O) groups excluding carboxylic acids is 3. The molecule has 9 heteroatoms. The average Bonchev–Trinajstić information content (AvgIpc) is 2.85. The van der Waals surface area contributed by atoms with Gasteiger partial charge in [0.05, 0.1) is 18.2 Å². The van der Waals surface area contributed by atoms with Gasteiger partial charge in [-0.1, -0.05) is 0 Å². The van der Waals surface area contributed by atoms with Crippen molar-refractivity contribution in [2.24, 2.45) is 5.92 Å². The topological polar surface area (TPSA) is 105 Å². The van der Waals surface area contributed by atoms with Crippen LogP contribution in [0.3, 0.4) is 0 Å². The van der Waals surface area contributed by atoms with Gasteiger partial charge < -0.3 is 15.0 Å². The highest BCUT2D eigenvalue weighted by Crippen LogP contribution is 2.40. The molecule has 0 atom stereocenters. The molecule has 2 aromatic rings. The fourth-order valence-corrected chi connectivity index (χ4v) is 5.45. The van der Waals surface area contributed by atoms with Crippen LogP contribution in [0, 0.1) is 5.92 Å². The van der Waals surface area contributed by atoms with Gasteiger partial charge in [-0.25, -0.2) is 0 Å². The lowest BCUT2D eigenvalue weighted by molar-refractivity contribution is -0.140. The molecule has 0 unspecified atom stereocenters. The van der Waals surface area contributed by atoms with Crippen LogP contribution in [0.4, 0.5) is 5.69 Å². The maximum absolute atomic E-state index is 13.2. The SMILES string of the molecule is CC(=O)Nc1ccc2c(c1)C(=O)CC1(CCN(C(=O)C3CCN(Cc4ccnnc4)CC3)CC1)O2. The third-order valence-electron chi connectivity index (χ3n) is 7.38. The lowest BCUT2D eigenvalue weighted by atomic mass is 9.82. The third-order valence-corrected chi connectivity index (χ3v) is 7.38. The molecule has 2 saturated heterocycles. The van der Waals surface area contributed by atoms with Crippen LogP contribution in [0.5, 0.6) is 5.75 Å². The van der Waals surface area contributed by atoms with Crippen LogP contribution in [-0.2, 0) is 16.1 Å².